The van der Waals surface area contributed by atoms with Crippen molar-refractivity contribution in [2.24, 2.45) is 17.3 Å². The Labute approximate surface area is 77.3 Å². The van der Waals surface area contributed by atoms with E-state index in [0.717, 1.165) is 0 Å². The van der Waals surface area contributed by atoms with Gasteiger partial charge in [-0.3, -0.25) is 0 Å². The van der Waals surface area contributed by atoms with Gasteiger partial charge in [-0.1, -0.05) is 13.8 Å². The zero-order chi connectivity index (χ0) is 11.4. The van der Waals surface area contributed by atoms with E-state index in [1.807, 2.05) is 0 Å². The van der Waals surface area contributed by atoms with Crippen molar-refractivity contribution in [2.75, 3.05) is 0 Å². The van der Waals surface area contributed by atoms with Gasteiger partial charge in [0.05, 0.1) is 11.3 Å². The highest BCUT2D eigenvalue weighted by atomic mass is 19.4. The lowest BCUT2D eigenvalue weighted by Crippen LogP contribution is -2.40. The molecule has 14 heavy (non-hydrogen) atoms. The monoisotopic (exact) mass is 220 g/mol. The number of alkyl halides is 6. The SMILES string of the molecule is CC1CC1(C(C)C(F)(F)F)C(F)(F)F. The number of hydrogen-bond donors (Lipinski definition) is 0. The maximum atomic E-state index is 12.4. The summed E-state index contributed by atoms with van der Waals surface area (Å²) in [5.74, 6) is -3.25. The van der Waals surface area contributed by atoms with Crippen molar-refractivity contribution >= 4 is 0 Å². The lowest BCUT2D eigenvalue weighted by Gasteiger charge is -2.28. The molecule has 0 aromatic rings. The molecule has 0 amide bonds. The van der Waals surface area contributed by atoms with Gasteiger partial charge in [0.25, 0.3) is 0 Å². The van der Waals surface area contributed by atoms with Gasteiger partial charge < -0.3 is 0 Å². The molecule has 1 saturated carbocycles. The van der Waals surface area contributed by atoms with Crippen molar-refractivity contribution < 1.29 is 26.3 Å². The highest BCUT2D eigenvalue weighted by Gasteiger charge is 2.75. The predicted molar refractivity (Wildman–Crippen MR) is 37.5 cm³/mol. The topological polar surface area (TPSA) is 0 Å². The van der Waals surface area contributed by atoms with E-state index in [9.17, 15) is 26.3 Å². The zero-order valence-corrected chi connectivity index (χ0v) is 7.63. The van der Waals surface area contributed by atoms with E-state index in [-0.39, 0.29) is 0 Å². The first-order valence-electron chi connectivity index (χ1n) is 4.17. The molecule has 84 valence electrons. The van der Waals surface area contributed by atoms with Crippen LogP contribution in [0.5, 0.6) is 0 Å². The molecule has 3 atom stereocenters. The number of rotatable bonds is 1. The summed E-state index contributed by atoms with van der Waals surface area (Å²) < 4.78 is 73.8. The Morgan fingerprint density at radius 1 is 1.14 bits per heavy atom. The first-order valence-corrected chi connectivity index (χ1v) is 4.17. The second-order valence-electron chi connectivity index (χ2n) is 3.91. The average molecular weight is 220 g/mol. The first-order chi connectivity index (χ1) is 6.03. The van der Waals surface area contributed by atoms with Gasteiger partial charge in [0.15, 0.2) is 0 Å². The van der Waals surface area contributed by atoms with Crippen molar-refractivity contribution in [2.45, 2.75) is 32.6 Å². The van der Waals surface area contributed by atoms with Crippen LogP contribution < -0.4 is 0 Å². The third kappa shape index (κ3) is 1.48. The van der Waals surface area contributed by atoms with E-state index < -0.39 is 36.0 Å². The summed E-state index contributed by atoms with van der Waals surface area (Å²) in [4.78, 5) is 0. The van der Waals surface area contributed by atoms with Gasteiger partial charge in [-0.05, 0) is 12.3 Å². The standard InChI is InChI=1S/C8H10F6/c1-4-3-6(4,8(12,13)14)5(2)7(9,10)11/h4-5H,3H2,1-2H3. The number of hydrogen-bond acceptors (Lipinski definition) is 0. The normalized spacial score (nSPS) is 35.6. The van der Waals surface area contributed by atoms with Crippen LogP contribution in [-0.4, -0.2) is 12.4 Å². The minimum atomic E-state index is -4.78. The van der Waals surface area contributed by atoms with Crippen molar-refractivity contribution in [3.63, 3.8) is 0 Å². The van der Waals surface area contributed by atoms with Crippen molar-refractivity contribution in [1.29, 1.82) is 0 Å². The molecule has 0 saturated heterocycles. The van der Waals surface area contributed by atoms with E-state index in [4.69, 9.17) is 0 Å². The van der Waals surface area contributed by atoms with Gasteiger partial charge in [-0.2, -0.15) is 26.3 Å². The molecule has 0 nitrogen and oxygen atoms in total. The fraction of sp³-hybridized carbons (Fsp3) is 1.00. The molecule has 0 N–H and O–H groups in total. The summed E-state index contributed by atoms with van der Waals surface area (Å²) >= 11 is 0. The fourth-order valence-corrected chi connectivity index (χ4v) is 1.98. The van der Waals surface area contributed by atoms with Crippen LogP contribution in [0.25, 0.3) is 0 Å². The van der Waals surface area contributed by atoms with E-state index in [1.165, 1.54) is 6.92 Å². The molecule has 0 spiro atoms. The molecule has 0 heterocycles. The van der Waals surface area contributed by atoms with E-state index in [1.54, 1.807) is 0 Å². The van der Waals surface area contributed by atoms with Crippen molar-refractivity contribution in [3.8, 4) is 0 Å². The van der Waals surface area contributed by atoms with Crippen LogP contribution in [0.3, 0.4) is 0 Å². The third-order valence-corrected chi connectivity index (χ3v) is 3.15. The van der Waals surface area contributed by atoms with Crippen LogP contribution in [0, 0.1) is 17.3 Å². The Bertz CT molecular complexity index is 227. The maximum Gasteiger partial charge on any atom is 0.395 e. The first kappa shape index (κ1) is 11.7. The highest BCUT2D eigenvalue weighted by Crippen LogP contribution is 2.68. The second kappa shape index (κ2) is 2.79. The summed E-state index contributed by atoms with van der Waals surface area (Å²) in [6.45, 7) is 1.81. The Morgan fingerprint density at radius 2 is 1.50 bits per heavy atom. The minimum absolute atomic E-state index is 0.419. The van der Waals surface area contributed by atoms with E-state index in [2.05, 4.69) is 0 Å². The van der Waals surface area contributed by atoms with E-state index >= 15 is 0 Å². The molecule has 1 rings (SSSR count). The smallest absolute Gasteiger partial charge is 0.171 e. The van der Waals surface area contributed by atoms with Crippen LogP contribution in [0.4, 0.5) is 26.3 Å². The molecule has 1 aliphatic rings. The van der Waals surface area contributed by atoms with E-state index in [0.29, 0.717) is 6.92 Å². The quantitative estimate of drug-likeness (QED) is 0.590. The molecule has 0 aromatic heterocycles. The summed E-state index contributed by atoms with van der Waals surface area (Å²) in [7, 11) is 0. The van der Waals surface area contributed by atoms with Gasteiger partial charge in [0.1, 0.15) is 0 Å². The molecule has 0 bridgehead atoms. The zero-order valence-electron chi connectivity index (χ0n) is 7.63. The van der Waals surface area contributed by atoms with Crippen molar-refractivity contribution in [1.82, 2.24) is 0 Å². The van der Waals surface area contributed by atoms with Gasteiger partial charge in [0.2, 0.25) is 0 Å². The molecule has 1 fully saturated rings. The summed E-state index contributed by atoms with van der Waals surface area (Å²) in [5.41, 5.74) is -2.54. The van der Waals surface area contributed by atoms with Gasteiger partial charge in [0, 0.05) is 0 Å². The van der Waals surface area contributed by atoms with Gasteiger partial charge >= 0.3 is 12.4 Å². The molecule has 3 unspecified atom stereocenters. The Morgan fingerprint density at radius 3 is 1.57 bits per heavy atom. The fourth-order valence-electron chi connectivity index (χ4n) is 1.98. The molecule has 0 aliphatic heterocycles. The van der Waals surface area contributed by atoms with Crippen LogP contribution in [-0.2, 0) is 0 Å². The summed E-state index contributed by atoms with van der Waals surface area (Å²) in [5, 5.41) is 0. The maximum absolute atomic E-state index is 12.4. The Balaban J connectivity index is 2.95. The lowest BCUT2D eigenvalue weighted by atomic mass is 9.87. The summed E-state index contributed by atoms with van der Waals surface area (Å²) in [6, 6.07) is 0. The van der Waals surface area contributed by atoms with Crippen LogP contribution in [0.2, 0.25) is 0 Å². The van der Waals surface area contributed by atoms with Gasteiger partial charge in [-0.25, -0.2) is 0 Å². The molecule has 0 aromatic carbocycles. The second-order valence-corrected chi connectivity index (χ2v) is 3.91. The summed E-state index contributed by atoms with van der Waals surface area (Å²) in [6.07, 6.45) is -9.96. The van der Waals surface area contributed by atoms with Crippen LogP contribution in [0.1, 0.15) is 20.3 Å². The molecular formula is C8H10F6. The Kier molecular flexibility index (Phi) is 2.32. The molecule has 6 heteroatoms. The third-order valence-electron chi connectivity index (χ3n) is 3.15. The number of halogens is 6. The van der Waals surface area contributed by atoms with Crippen molar-refractivity contribution in [3.05, 3.63) is 0 Å². The van der Waals surface area contributed by atoms with Gasteiger partial charge in [-0.15, -0.1) is 0 Å². The largest absolute Gasteiger partial charge is 0.395 e. The molecule has 1 aliphatic carbocycles. The molecule has 0 radical (unpaired) electrons. The highest BCUT2D eigenvalue weighted by molar-refractivity contribution is 5.09. The lowest BCUT2D eigenvalue weighted by molar-refractivity contribution is -0.265. The van der Waals surface area contributed by atoms with Crippen LogP contribution in [0.15, 0.2) is 0 Å². The average Bonchev–Trinajstić information content (AvgIpc) is 2.58. The molecular weight excluding hydrogens is 210 g/mol. The predicted octanol–water partition coefficient (Wildman–Crippen LogP) is 3.77. The van der Waals surface area contributed by atoms with Crippen LogP contribution >= 0.6 is 0 Å². The minimum Gasteiger partial charge on any atom is -0.171 e. The Hall–Kier alpha value is -0.420.